The first-order chi connectivity index (χ1) is 6.79. The predicted octanol–water partition coefficient (Wildman–Crippen LogP) is 2.32. The van der Waals surface area contributed by atoms with Gasteiger partial charge in [0.2, 0.25) is 0 Å². The first-order valence-corrected chi connectivity index (χ1v) is 5.21. The molecule has 0 saturated heterocycles. The van der Waals surface area contributed by atoms with Crippen LogP contribution in [0.2, 0.25) is 0 Å². The second kappa shape index (κ2) is 5.38. The Morgan fingerprint density at radius 3 is 2.87 bits per heavy atom. The molecule has 0 amide bonds. The Morgan fingerprint density at radius 2 is 2.13 bits per heavy atom. The summed E-state index contributed by atoms with van der Waals surface area (Å²) >= 11 is 0. The smallest absolute Gasteiger partial charge is 0.119 e. The summed E-state index contributed by atoms with van der Waals surface area (Å²) in [4.78, 5) is 0. The normalized spacial score (nSPS) is 19.7. The lowest BCUT2D eigenvalue weighted by Gasteiger charge is -2.10. The molecule has 0 unspecified atom stereocenters. The number of benzene rings is 1. The van der Waals surface area contributed by atoms with Gasteiger partial charge in [-0.15, -0.1) is 12.4 Å². The average Bonchev–Trinajstić information content (AvgIpc) is 2.37. The summed E-state index contributed by atoms with van der Waals surface area (Å²) in [6.45, 7) is 0. The van der Waals surface area contributed by atoms with Crippen LogP contribution in [-0.4, -0.2) is 13.2 Å². The fraction of sp³-hybridized carbons (Fsp3) is 0.500. The minimum atomic E-state index is 0. The minimum absolute atomic E-state index is 0. The lowest BCUT2D eigenvalue weighted by atomic mass is 10.0. The van der Waals surface area contributed by atoms with Crippen molar-refractivity contribution >= 4 is 12.4 Å². The Labute approximate surface area is 97.2 Å². The van der Waals surface area contributed by atoms with Gasteiger partial charge in [-0.25, -0.2) is 0 Å². The maximum atomic E-state index is 6.00. The van der Waals surface area contributed by atoms with Crippen molar-refractivity contribution in [3.63, 3.8) is 0 Å². The number of hydrogen-bond acceptors (Lipinski definition) is 2. The fourth-order valence-corrected chi connectivity index (χ4v) is 2.10. The minimum Gasteiger partial charge on any atom is -0.497 e. The molecule has 3 heteroatoms. The number of halogens is 1. The molecule has 0 saturated carbocycles. The van der Waals surface area contributed by atoms with E-state index in [0.717, 1.165) is 25.0 Å². The molecule has 2 N–H and O–H groups in total. The van der Waals surface area contributed by atoms with Gasteiger partial charge in [-0.3, -0.25) is 0 Å². The standard InChI is InChI=1S/C12H17NO.ClH/c1-14-12-6-5-9-3-2-4-11(13)7-10(9)8-12;/h5-6,8,11H,2-4,7,13H2,1H3;1H/t11-;/m0./s1. The van der Waals surface area contributed by atoms with E-state index in [1.165, 1.54) is 17.5 Å². The van der Waals surface area contributed by atoms with Crippen LogP contribution in [0.25, 0.3) is 0 Å². The van der Waals surface area contributed by atoms with Crippen molar-refractivity contribution in [2.45, 2.75) is 31.7 Å². The quantitative estimate of drug-likeness (QED) is 0.748. The maximum absolute atomic E-state index is 6.00. The molecule has 1 aromatic carbocycles. The molecular formula is C12H18ClNO. The highest BCUT2D eigenvalue weighted by atomic mass is 35.5. The molecule has 2 rings (SSSR count). The Hall–Kier alpha value is -0.730. The van der Waals surface area contributed by atoms with Gasteiger partial charge in [-0.1, -0.05) is 6.07 Å². The van der Waals surface area contributed by atoms with Crippen molar-refractivity contribution in [1.29, 1.82) is 0 Å². The molecule has 0 aliphatic heterocycles. The third-order valence-corrected chi connectivity index (χ3v) is 2.92. The summed E-state index contributed by atoms with van der Waals surface area (Å²) in [5.74, 6) is 0.942. The van der Waals surface area contributed by atoms with Crippen molar-refractivity contribution in [2.75, 3.05) is 7.11 Å². The van der Waals surface area contributed by atoms with E-state index >= 15 is 0 Å². The second-order valence-electron chi connectivity index (χ2n) is 3.99. The van der Waals surface area contributed by atoms with Gasteiger partial charge < -0.3 is 10.5 Å². The average molecular weight is 228 g/mol. The summed E-state index contributed by atoms with van der Waals surface area (Å²) in [5, 5.41) is 0. The van der Waals surface area contributed by atoms with Crippen LogP contribution in [0.5, 0.6) is 5.75 Å². The highest BCUT2D eigenvalue weighted by Crippen LogP contribution is 2.24. The third-order valence-electron chi connectivity index (χ3n) is 2.92. The van der Waals surface area contributed by atoms with Crippen LogP contribution in [0.15, 0.2) is 18.2 Å². The van der Waals surface area contributed by atoms with E-state index in [1.54, 1.807) is 7.11 Å². The number of fused-ring (bicyclic) bond motifs is 1. The van der Waals surface area contributed by atoms with Gasteiger partial charge in [-0.05, 0) is 48.9 Å². The zero-order chi connectivity index (χ0) is 9.97. The van der Waals surface area contributed by atoms with Gasteiger partial charge in [0, 0.05) is 6.04 Å². The SMILES string of the molecule is COc1ccc2c(c1)C[C@@H](N)CCC2.Cl. The molecule has 1 aromatic rings. The number of rotatable bonds is 1. The van der Waals surface area contributed by atoms with Crippen LogP contribution < -0.4 is 10.5 Å². The lowest BCUT2D eigenvalue weighted by Crippen LogP contribution is -2.21. The van der Waals surface area contributed by atoms with E-state index in [9.17, 15) is 0 Å². The topological polar surface area (TPSA) is 35.2 Å². The molecule has 1 aliphatic carbocycles. The van der Waals surface area contributed by atoms with E-state index in [2.05, 4.69) is 12.1 Å². The number of methoxy groups -OCH3 is 1. The van der Waals surface area contributed by atoms with Crippen LogP contribution in [-0.2, 0) is 12.8 Å². The number of ether oxygens (including phenoxy) is 1. The molecule has 0 spiro atoms. The van der Waals surface area contributed by atoms with Crippen molar-refractivity contribution in [2.24, 2.45) is 5.73 Å². The lowest BCUT2D eigenvalue weighted by molar-refractivity contribution is 0.414. The zero-order valence-electron chi connectivity index (χ0n) is 9.03. The highest BCUT2D eigenvalue weighted by Gasteiger charge is 2.13. The number of aryl methyl sites for hydroxylation is 1. The van der Waals surface area contributed by atoms with E-state index in [1.807, 2.05) is 6.07 Å². The van der Waals surface area contributed by atoms with Crippen LogP contribution in [0.3, 0.4) is 0 Å². The first kappa shape index (κ1) is 12.3. The monoisotopic (exact) mass is 227 g/mol. The van der Waals surface area contributed by atoms with E-state index < -0.39 is 0 Å². The van der Waals surface area contributed by atoms with Gasteiger partial charge in [0.25, 0.3) is 0 Å². The summed E-state index contributed by atoms with van der Waals surface area (Å²) in [5.41, 5.74) is 8.81. The molecule has 0 fully saturated rings. The first-order valence-electron chi connectivity index (χ1n) is 5.21. The van der Waals surface area contributed by atoms with Gasteiger partial charge in [0.1, 0.15) is 5.75 Å². The van der Waals surface area contributed by atoms with Crippen LogP contribution in [0.4, 0.5) is 0 Å². The van der Waals surface area contributed by atoms with Crippen molar-refractivity contribution < 1.29 is 4.74 Å². The van der Waals surface area contributed by atoms with Crippen molar-refractivity contribution in [3.8, 4) is 5.75 Å². The Balaban J connectivity index is 0.00000112. The maximum Gasteiger partial charge on any atom is 0.119 e. The molecule has 2 nitrogen and oxygen atoms in total. The number of hydrogen-bond donors (Lipinski definition) is 1. The van der Waals surface area contributed by atoms with Crippen LogP contribution in [0, 0.1) is 0 Å². The van der Waals surface area contributed by atoms with Crippen molar-refractivity contribution in [1.82, 2.24) is 0 Å². The molecule has 84 valence electrons. The molecule has 0 heterocycles. The summed E-state index contributed by atoms with van der Waals surface area (Å²) < 4.78 is 5.22. The Kier molecular flexibility index (Phi) is 4.43. The molecule has 0 bridgehead atoms. The summed E-state index contributed by atoms with van der Waals surface area (Å²) in [6, 6.07) is 6.66. The zero-order valence-corrected chi connectivity index (χ0v) is 9.85. The molecule has 0 radical (unpaired) electrons. The second-order valence-corrected chi connectivity index (χ2v) is 3.99. The fourth-order valence-electron chi connectivity index (χ4n) is 2.10. The predicted molar refractivity (Wildman–Crippen MR) is 64.9 cm³/mol. The molecule has 1 atom stereocenters. The largest absolute Gasteiger partial charge is 0.497 e. The van der Waals surface area contributed by atoms with Crippen molar-refractivity contribution in [3.05, 3.63) is 29.3 Å². The Morgan fingerprint density at radius 1 is 1.33 bits per heavy atom. The molecule has 15 heavy (non-hydrogen) atoms. The van der Waals surface area contributed by atoms with E-state index in [-0.39, 0.29) is 12.4 Å². The Bertz CT molecular complexity index is 327. The van der Waals surface area contributed by atoms with E-state index in [0.29, 0.717) is 6.04 Å². The van der Waals surface area contributed by atoms with E-state index in [4.69, 9.17) is 10.5 Å². The summed E-state index contributed by atoms with van der Waals surface area (Å²) in [7, 11) is 1.71. The molecule has 1 aliphatic rings. The third kappa shape index (κ3) is 2.86. The van der Waals surface area contributed by atoms with Gasteiger partial charge in [0.15, 0.2) is 0 Å². The molecule has 0 aromatic heterocycles. The van der Waals surface area contributed by atoms with Crippen LogP contribution >= 0.6 is 12.4 Å². The molecular weight excluding hydrogens is 210 g/mol. The van der Waals surface area contributed by atoms with Gasteiger partial charge in [0.05, 0.1) is 7.11 Å². The number of nitrogens with two attached hydrogens (primary N) is 1. The van der Waals surface area contributed by atoms with Crippen LogP contribution in [0.1, 0.15) is 24.0 Å². The highest BCUT2D eigenvalue weighted by molar-refractivity contribution is 5.85. The van der Waals surface area contributed by atoms with Gasteiger partial charge >= 0.3 is 0 Å². The van der Waals surface area contributed by atoms with Gasteiger partial charge in [-0.2, -0.15) is 0 Å². The summed E-state index contributed by atoms with van der Waals surface area (Å²) in [6.07, 6.45) is 4.50.